The maximum absolute atomic E-state index is 12.2. The molecule has 0 amide bonds. The van der Waals surface area contributed by atoms with E-state index in [4.69, 9.17) is 0 Å². The van der Waals surface area contributed by atoms with Gasteiger partial charge in [-0.2, -0.15) is 0 Å². The van der Waals surface area contributed by atoms with Crippen molar-refractivity contribution < 1.29 is 20.1 Å². The third-order valence-electron chi connectivity index (χ3n) is 8.92. The fourth-order valence-electron chi connectivity index (χ4n) is 7.36. The van der Waals surface area contributed by atoms with E-state index in [9.17, 15) is 20.1 Å². The summed E-state index contributed by atoms with van der Waals surface area (Å²) in [5.74, 6) is 0.867. The number of carbonyl (C=O) groups excluding carboxylic acids is 1. The number of ketones is 1. The maximum atomic E-state index is 12.2. The molecule has 25 heavy (non-hydrogen) atoms. The molecule has 3 N–H and O–H groups in total. The normalized spacial score (nSPS) is 57.5. The van der Waals surface area contributed by atoms with Crippen molar-refractivity contribution in [3.63, 3.8) is 0 Å². The molecule has 4 heteroatoms. The molecule has 0 aromatic carbocycles. The smallest absolute Gasteiger partial charge is 0.161 e. The van der Waals surface area contributed by atoms with Crippen molar-refractivity contribution in [3.05, 3.63) is 12.2 Å². The summed E-state index contributed by atoms with van der Waals surface area (Å²) >= 11 is 0. The lowest BCUT2D eigenvalue weighted by atomic mass is 9.44. The number of hydrogen-bond acceptors (Lipinski definition) is 4. The number of hydrogen-bond donors (Lipinski definition) is 3. The summed E-state index contributed by atoms with van der Waals surface area (Å²) in [6, 6.07) is 0. The Bertz CT molecular complexity index is 615. The Morgan fingerprint density at radius 1 is 1.08 bits per heavy atom. The van der Waals surface area contributed by atoms with E-state index in [-0.39, 0.29) is 23.0 Å². The Hall–Kier alpha value is -0.710. The summed E-state index contributed by atoms with van der Waals surface area (Å²) < 4.78 is 0. The number of Topliss-reactive ketones (excluding diaryl/α,β-unsaturated/α-hetero) is 1. The SMILES string of the molecule is CC(=O)[C@@]1(O)CC[C@H]2[C@@H]3[C@H](O)CC4C[C@H](O)C=C[C@]4(C)[C@H]3CC[C@@]21C. The number of carbonyl (C=O) groups is 1. The van der Waals surface area contributed by atoms with Crippen molar-refractivity contribution in [2.75, 3.05) is 0 Å². The topological polar surface area (TPSA) is 77.8 Å². The third kappa shape index (κ3) is 2.14. The highest BCUT2D eigenvalue weighted by Gasteiger charge is 2.67. The zero-order valence-electron chi connectivity index (χ0n) is 15.6. The predicted octanol–water partition coefficient (Wildman–Crippen LogP) is 2.46. The van der Waals surface area contributed by atoms with Crippen molar-refractivity contribution in [3.8, 4) is 0 Å². The van der Waals surface area contributed by atoms with Gasteiger partial charge in [0.05, 0.1) is 12.2 Å². The molecule has 0 bridgehead atoms. The summed E-state index contributed by atoms with van der Waals surface area (Å²) in [5, 5.41) is 32.2. The van der Waals surface area contributed by atoms with Crippen molar-refractivity contribution in [1.82, 2.24) is 0 Å². The van der Waals surface area contributed by atoms with E-state index in [1.165, 1.54) is 6.92 Å². The minimum atomic E-state index is -1.24. The van der Waals surface area contributed by atoms with Gasteiger partial charge in [0.25, 0.3) is 0 Å². The molecule has 9 atom stereocenters. The monoisotopic (exact) mass is 348 g/mol. The Balaban J connectivity index is 1.73. The van der Waals surface area contributed by atoms with Gasteiger partial charge in [0.1, 0.15) is 5.60 Å². The second-order valence-corrected chi connectivity index (χ2v) is 9.73. The lowest BCUT2D eigenvalue weighted by Gasteiger charge is -2.61. The molecule has 0 aromatic rings. The van der Waals surface area contributed by atoms with Gasteiger partial charge >= 0.3 is 0 Å². The van der Waals surface area contributed by atoms with E-state index in [1.54, 1.807) is 0 Å². The van der Waals surface area contributed by atoms with Gasteiger partial charge in [-0.3, -0.25) is 4.79 Å². The van der Waals surface area contributed by atoms with Crippen molar-refractivity contribution >= 4 is 5.78 Å². The molecular formula is C21H32O4. The van der Waals surface area contributed by atoms with Crippen molar-refractivity contribution in [1.29, 1.82) is 0 Å². The van der Waals surface area contributed by atoms with Gasteiger partial charge in [0.15, 0.2) is 5.78 Å². The maximum Gasteiger partial charge on any atom is 0.161 e. The van der Waals surface area contributed by atoms with E-state index in [0.29, 0.717) is 24.7 Å². The highest BCUT2D eigenvalue weighted by molar-refractivity contribution is 5.86. The minimum absolute atomic E-state index is 0.00137. The molecule has 140 valence electrons. The first-order valence-electron chi connectivity index (χ1n) is 9.92. The lowest BCUT2D eigenvalue weighted by Crippen LogP contribution is -2.61. The minimum Gasteiger partial charge on any atom is -0.393 e. The van der Waals surface area contributed by atoms with E-state index in [0.717, 1.165) is 25.7 Å². The molecular weight excluding hydrogens is 316 g/mol. The molecule has 4 aliphatic rings. The molecule has 0 saturated heterocycles. The molecule has 3 fully saturated rings. The number of allylic oxidation sites excluding steroid dienone is 1. The zero-order chi connectivity index (χ0) is 18.2. The predicted molar refractivity (Wildman–Crippen MR) is 94.7 cm³/mol. The standard InChI is InChI=1S/C21H32O4/c1-12(22)21(25)9-6-16-18-15(5-8-20(16,21)3)19(2)7-4-14(23)10-13(19)11-17(18)24/h4,7,13-18,23-25H,5-6,8-11H2,1-3H3/t13?,14-,15+,16+,17-,18-,19+,20+,21+/m1/s1. The van der Waals surface area contributed by atoms with Crippen LogP contribution in [0.2, 0.25) is 0 Å². The molecule has 4 rings (SSSR count). The fraction of sp³-hybridized carbons (Fsp3) is 0.857. The molecule has 0 spiro atoms. The first-order valence-corrected chi connectivity index (χ1v) is 9.92. The van der Waals surface area contributed by atoms with Crippen LogP contribution in [-0.2, 0) is 4.79 Å². The van der Waals surface area contributed by atoms with Crippen LogP contribution in [0.5, 0.6) is 0 Å². The Morgan fingerprint density at radius 3 is 2.44 bits per heavy atom. The Kier molecular flexibility index (Phi) is 3.82. The van der Waals surface area contributed by atoms with Crippen LogP contribution >= 0.6 is 0 Å². The summed E-state index contributed by atoms with van der Waals surface area (Å²) in [4.78, 5) is 12.2. The molecule has 0 heterocycles. The van der Waals surface area contributed by atoms with E-state index >= 15 is 0 Å². The Labute approximate surface area is 150 Å². The third-order valence-corrected chi connectivity index (χ3v) is 8.92. The van der Waals surface area contributed by atoms with Crippen LogP contribution in [0.1, 0.15) is 59.3 Å². The van der Waals surface area contributed by atoms with E-state index in [2.05, 4.69) is 19.9 Å². The molecule has 0 radical (unpaired) electrons. The number of rotatable bonds is 1. The molecule has 0 aliphatic heterocycles. The first kappa shape index (κ1) is 17.7. The number of fused-ring (bicyclic) bond motifs is 5. The second-order valence-electron chi connectivity index (χ2n) is 9.73. The highest BCUT2D eigenvalue weighted by Crippen LogP contribution is 2.67. The fourth-order valence-corrected chi connectivity index (χ4v) is 7.36. The van der Waals surface area contributed by atoms with Crippen molar-refractivity contribution in [2.45, 2.75) is 77.1 Å². The van der Waals surface area contributed by atoms with Crippen LogP contribution in [0.15, 0.2) is 12.2 Å². The van der Waals surface area contributed by atoms with Crippen LogP contribution in [0.4, 0.5) is 0 Å². The molecule has 1 unspecified atom stereocenters. The summed E-state index contributed by atoms with van der Waals surface area (Å²) in [5.41, 5.74) is -1.66. The highest BCUT2D eigenvalue weighted by atomic mass is 16.3. The quantitative estimate of drug-likeness (QED) is 0.636. The molecule has 4 nitrogen and oxygen atoms in total. The lowest BCUT2D eigenvalue weighted by molar-refractivity contribution is -0.178. The van der Waals surface area contributed by atoms with Gasteiger partial charge in [-0.1, -0.05) is 26.0 Å². The van der Waals surface area contributed by atoms with Gasteiger partial charge in [-0.05, 0) is 74.5 Å². The first-order chi connectivity index (χ1) is 11.6. The van der Waals surface area contributed by atoms with E-state index < -0.39 is 23.2 Å². The summed E-state index contributed by atoms with van der Waals surface area (Å²) in [6.07, 6.45) is 7.87. The van der Waals surface area contributed by atoms with Crippen LogP contribution in [0, 0.1) is 34.5 Å². The number of aliphatic hydroxyl groups excluding tert-OH is 2. The van der Waals surface area contributed by atoms with Crippen LogP contribution < -0.4 is 0 Å². The largest absolute Gasteiger partial charge is 0.393 e. The Morgan fingerprint density at radius 2 is 1.76 bits per heavy atom. The zero-order valence-corrected chi connectivity index (χ0v) is 15.6. The molecule has 4 aliphatic carbocycles. The summed E-state index contributed by atoms with van der Waals surface area (Å²) in [6.45, 7) is 5.88. The number of aliphatic hydroxyl groups is 3. The van der Waals surface area contributed by atoms with Gasteiger partial charge < -0.3 is 15.3 Å². The second kappa shape index (κ2) is 5.40. The van der Waals surface area contributed by atoms with Crippen LogP contribution in [0.3, 0.4) is 0 Å². The van der Waals surface area contributed by atoms with Gasteiger partial charge in [0.2, 0.25) is 0 Å². The van der Waals surface area contributed by atoms with Crippen molar-refractivity contribution in [2.24, 2.45) is 34.5 Å². The van der Waals surface area contributed by atoms with Gasteiger partial charge in [-0.15, -0.1) is 0 Å². The average molecular weight is 348 g/mol. The summed E-state index contributed by atoms with van der Waals surface area (Å²) in [7, 11) is 0. The molecule has 0 aromatic heterocycles. The average Bonchev–Trinajstić information content (AvgIpc) is 2.82. The van der Waals surface area contributed by atoms with Gasteiger partial charge in [0, 0.05) is 5.41 Å². The molecule has 3 saturated carbocycles. The van der Waals surface area contributed by atoms with E-state index in [1.807, 2.05) is 6.08 Å². The van der Waals surface area contributed by atoms with Crippen LogP contribution in [-0.4, -0.2) is 38.9 Å². The van der Waals surface area contributed by atoms with Gasteiger partial charge in [-0.25, -0.2) is 0 Å². The van der Waals surface area contributed by atoms with Crippen LogP contribution in [0.25, 0.3) is 0 Å².